The highest BCUT2D eigenvalue weighted by atomic mass is 19.1. The number of hydrogen-bond acceptors (Lipinski definition) is 4. The summed E-state index contributed by atoms with van der Waals surface area (Å²) in [5, 5.41) is 10.7. The van der Waals surface area contributed by atoms with E-state index in [1.807, 2.05) is 18.7 Å². The molecule has 0 aliphatic heterocycles. The van der Waals surface area contributed by atoms with Crippen molar-refractivity contribution < 1.29 is 14.1 Å². The zero-order valence-corrected chi connectivity index (χ0v) is 10.6. The molecule has 0 fully saturated rings. The van der Waals surface area contributed by atoms with E-state index < -0.39 is 10.7 Å². The minimum atomic E-state index is -0.603. The van der Waals surface area contributed by atoms with Crippen molar-refractivity contribution in [3.8, 4) is 0 Å². The monoisotopic (exact) mass is 256 g/mol. The van der Waals surface area contributed by atoms with E-state index in [0.29, 0.717) is 32.0 Å². The summed E-state index contributed by atoms with van der Waals surface area (Å²) < 4.78 is 18.5. The summed E-state index contributed by atoms with van der Waals surface area (Å²) in [6.07, 6.45) is 0. The summed E-state index contributed by atoms with van der Waals surface area (Å²) in [6.45, 7) is 6.13. The SMILES string of the molecule is CCOCCN(CC)c1cc(F)cc([N+](=O)[O-])c1. The van der Waals surface area contributed by atoms with Gasteiger partial charge in [-0.2, -0.15) is 0 Å². The molecule has 5 nitrogen and oxygen atoms in total. The quantitative estimate of drug-likeness (QED) is 0.427. The van der Waals surface area contributed by atoms with Gasteiger partial charge in [0.2, 0.25) is 0 Å². The molecular formula is C12H17FN2O3. The van der Waals surface area contributed by atoms with Gasteiger partial charge in [-0.1, -0.05) is 0 Å². The lowest BCUT2D eigenvalue weighted by molar-refractivity contribution is -0.385. The maximum atomic E-state index is 13.3. The number of likely N-dealkylation sites (N-methyl/N-ethyl adjacent to an activating group) is 1. The summed E-state index contributed by atoms with van der Waals surface area (Å²) in [6, 6.07) is 3.58. The Labute approximate surface area is 105 Å². The number of ether oxygens (including phenoxy) is 1. The molecule has 0 radical (unpaired) electrons. The maximum Gasteiger partial charge on any atom is 0.274 e. The molecular weight excluding hydrogens is 239 g/mol. The van der Waals surface area contributed by atoms with Crippen molar-refractivity contribution >= 4 is 11.4 Å². The second-order valence-corrected chi connectivity index (χ2v) is 3.70. The molecule has 0 heterocycles. The second kappa shape index (κ2) is 6.90. The summed E-state index contributed by atoms with van der Waals surface area (Å²) in [7, 11) is 0. The van der Waals surface area contributed by atoms with Gasteiger partial charge >= 0.3 is 0 Å². The standard InChI is InChI=1S/C12H17FN2O3/c1-3-14(5-6-18-4-2)11-7-10(13)8-12(9-11)15(16)17/h7-9H,3-6H2,1-2H3. The number of hydrogen-bond donors (Lipinski definition) is 0. The Hall–Kier alpha value is -1.69. The molecule has 0 aliphatic rings. The minimum absolute atomic E-state index is 0.236. The molecule has 0 aliphatic carbocycles. The van der Waals surface area contributed by atoms with Crippen LogP contribution in [0.25, 0.3) is 0 Å². The molecule has 100 valence electrons. The molecule has 1 aromatic rings. The van der Waals surface area contributed by atoms with Crippen LogP contribution in [0.5, 0.6) is 0 Å². The number of nitro benzene ring substituents is 1. The number of halogens is 1. The lowest BCUT2D eigenvalue weighted by atomic mass is 10.2. The zero-order valence-electron chi connectivity index (χ0n) is 10.6. The first kappa shape index (κ1) is 14.4. The summed E-state index contributed by atoms with van der Waals surface area (Å²) in [5.41, 5.74) is 0.267. The van der Waals surface area contributed by atoms with Gasteiger partial charge in [-0.3, -0.25) is 10.1 Å². The van der Waals surface area contributed by atoms with E-state index in [4.69, 9.17) is 4.74 Å². The van der Waals surface area contributed by atoms with Crippen LogP contribution in [-0.2, 0) is 4.74 Å². The predicted molar refractivity (Wildman–Crippen MR) is 67.4 cm³/mol. The van der Waals surface area contributed by atoms with Crippen LogP contribution in [0.1, 0.15) is 13.8 Å². The highest BCUT2D eigenvalue weighted by molar-refractivity contribution is 5.53. The Bertz CT molecular complexity index is 412. The highest BCUT2D eigenvalue weighted by Gasteiger charge is 2.13. The fourth-order valence-corrected chi connectivity index (χ4v) is 1.64. The highest BCUT2D eigenvalue weighted by Crippen LogP contribution is 2.23. The number of nitrogens with zero attached hydrogens (tertiary/aromatic N) is 2. The van der Waals surface area contributed by atoms with Crippen molar-refractivity contribution in [2.24, 2.45) is 0 Å². The van der Waals surface area contributed by atoms with Crippen molar-refractivity contribution in [1.29, 1.82) is 0 Å². The van der Waals surface area contributed by atoms with Crippen LogP contribution in [0.3, 0.4) is 0 Å². The lowest BCUT2D eigenvalue weighted by Gasteiger charge is -2.22. The minimum Gasteiger partial charge on any atom is -0.380 e. The van der Waals surface area contributed by atoms with E-state index in [9.17, 15) is 14.5 Å². The molecule has 0 unspecified atom stereocenters. The Kier molecular flexibility index (Phi) is 5.51. The average Bonchev–Trinajstić information content (AvgIpc) is 2.34. The molecule has 0 atom stereocenters. The predicted octanol–water partition coefficient (Wildman–Crippen LogP) is 2.60. The number of anilines is 1. The molecule has 0 saturated heterocycles. The third-order valence-electron chi connectivity index (χ3n) is 2.53. The van der Waals surface area contributed by atoms with Crippen LogP contribution in [-0.4, -0.2) is 31.2 Å². The first-order valence-corrected chi connectivity index (χ1v) is 5.86. The van der Waals surface area contributed by atoms with Gasteiger partial charge in [-0.25, -0.2) is 4.39 Å². The average molecular weight is 256 g/mol. The smallest absolute Gasteiger partial charge is 0.274 e. The zero-order chi connectivity index (χ0) is 13.5. The van der Waals surface area contributed by atoms with Crippen LogP contribution >= 0.6 is 0 Å². The fourth-order valence-electron chi connectivity index (χ4n) is 1.64. The van der Waals surface area contributed by atoms with Gasteiger partial charge in [0.1, 0.15) is 5.82 Å². The van der Waals surface area contributed by atoms with Crippen LogP contribution in [0.15, 0.2) is 18.2 Å². The first-order chi connectivity index (χ1) is 8.58. The van der Waals surface area contributed by atoms with Gasteiger partial charge in [-0.15, -0.1) is 0 Å². The largest absolute Gasteiger partial charge is 0.380 e. The van der Waals surface area contributed by atoms with Crippen LogP contribution in [0.4, 0.5) is 15.8 Å². The molecule has 1 rings (SSSR count). The Morgan fingerprint density at radius 2 is 2.11 bits per heavy atom. The Morgan fingerprint density at radius 1 is 1.39 bits per heavy atom. The number of benzene rings is 1. The summed E-state index contributed by atoms with van der Waals surface area (Å²) in [4.78, 5) is 11.9. The first-order valence-electron chi connectivity index (χ1n) is 5.86. The third-order valence-corrected chi connectivity index (χ3v) is 2.53. The third kappa shape index (κ3) is 3.96. The number of rotatable bonds is 7. The molecule has 0 amide bonds. The molecule has 0 aromatic heterocycles. The second-order valence-electron chi connectivity index (χ2n) is 3.70. The van der Waals surface area contributed by atoms with Crippen molar-refractivity contribution in [3.05, 3.63) is 34.1 Å². The van der Waals surface area contributed by atoms with Gasteiger partial charge < -0.3 is 9.64 Å². The van der Waals surface area contributed by atoms with Crippen LogP contribution in [0.2, 0.25) is 0 Å². The normalized spacial score (nSPS) is 10.4. The summed E-state index contributed by atoms with van der Waals surface area (Å²) >= 11 is 0. The topological polar surface area (TPSA) is 55.6 Å². The van der Waals surface area contributed by atoms with Crippen molar-refractivity contribution in [2.45, 2.75) is 13.8 Å². The van der Waals surface area contributed by atoms with E-state index in [1.165, 1.54) is 12.1 Å². The Balaban J connectivity index is 2.87. The lowest BCUT2D eigenvalue weighted by Crippen LogP contribution is -2.27. The molecule has 18 heavy (non-hydrogen) atoms. The Morgan fingerprint density at radius 3 is 2.67 bits per heavy atom. The van der Waals surface area contributed by atoms with Crippen molar-refractivity contribution in [2.75, 3.05) is 31.2 Å². The number of non-ortho nitro benzene ring substituents is 1. The molecule has 0 saturated carbocycles. The van der Waals surface area contributed by atoms with Crippen molar-refractivity contribution in [1.82, 2.24) is 0 Å². The molecule has 1 aromatic carbocycles. The molecule has 0 bridgehead atoms. The van der Waals surface area contributed by atoms with E-state index >= 15 is 0 Å². The van der Waals surface area contributed by atoms with Gasteiger partial charge in [0.15, 0.2) is 0 Å². The fraction of sp³-hybridized carbons (Fsp3) is 0.500. The van der Waals surface area contributed by atoms with E-state index in [2.05, 4.69) is 0 Å². The van der Waals surface area contributed by atoms with Crippen LogP contribution in [0, 0.1) is 15.9 Å². The van der Waals surface area contributed by atoms with E-state index in [-0.39, 0.29) is 5.69 Å². The molecule has 6 heteroatoms. The molecule has 0 N–H and O–H groups in total. The van der Waals surface area contributed by atoms with Gasteiger partial charge in [0.25, 0.3) is 5.69 Å². The summed E-state index contributed by atoms with van der Waals surface area (Å²) in [5.74, 6) is -0.603. The number of nitro groups is 1. The van der Waals surface area contributed by atoms with Crippen molar-refractivity contribution in [3.63, 3.8) is 0 Å². The van der Waals surface area contributed by atoms with Gasteiger partial charge in [0.05, 0.1) is 17.6 Å². The van der Waals surface area contributed by atoms with Crippen LogP contribution < -0.4 is 4.90 Å². The maximum absolute atomic E-state index is 13.3. The van der Waals surface area contributed by atoms with Gasteiger partial charge in [-0.05, 0) is 19.9 Å². The van der Waals surface area contributed by atoms with Gasteiger partial charge in [0, 0.05) is 31.5 Å². The van der Waals surface area contributed by atoms with E-state index in [1.54, 1.807) is 0 Å². The van der Waals surface area contributed by atoms with E-state index in [0.717, 1.165) is 6.07 Å². The molecule has 0 spiro atoms.